The summed E-state index contributed by atoms with van der Waals surface area (Å²) in [5.41, 5.74) is 0.237. The van der Waals surface area contributed by atoms with E-state index in [2.05, 4.69) is 15.5 Å². The average Bonchev–Trinajstić information content (AvgIpc) is 2.49. The zero-order valence-electron chi connectivity index (χ0n) is 10.8. The molecule has 1 aromatic carbocycles. The quantitative estimate of drug-likeness (QED) is 0.897. The first-order valence-corrected chi connectivity index (χ1v) is 6.97. The molecule has 21 heavy (non-hydrogen) atoms. The summed E-state index contributed by atoms with van der Waals surface area (Å²) in [4.78, 5) is 23.0. The molecule has 1 heterocycles. The number of aromatic carboxylic acids is 1. The monoisotopic (exact) mass is 323 g/mol. The zero-order chi connectivity index (χ0) is 15.4. The van der Waals surface area contributed by atoms with Crippen LogP contribution in [0.1, 0.15) is 20.8 Å². The van der Waals surface area contributed by atoms with Gasteiger partial charge < -0.3 is 10.4 Å². The average molecular weight is 324 g/mol. The lowest BCUT2D eigenvalue weighted by Gasteiger charge is -2.04. The Kier molecular flexibility index (Phi) is 4.77. The number of benzene rings is 1. The van der Waals surface area contributed by atoms with Crippen molar-refractivity contribution in [2.75, 3.05) is 7.05 Å². The van der Waals surface area contributed by atoms with Crippen molar-refractivity contribution >= 4 is 35.2 Å². The highest BCUT2D eigenvalue weighted by atomic mass is 35.5. The van der Waals surface area contributed by atoms with Crippen LogP contribution < -0.4 is 5.32 Å². The number of carbonyl (C=O) groups excluding carboxylic acids is 1. The van der Waals surface area contributed by atoms with Crippen LogP contribution in [0, 0.1) is 0 Å². The van der Waals surface area contributed by atoms with Crippen molar-refractivity contribution in [1.29, 1.82) is 0 Å². The van der Waals surface area contributed by atoms with Crippen LogP contribution in [0.3, 0.4) is 0 Å². The maximum Gasteiger partial charge on any atom is 0.337 e. The van der Waals surface area contributed by atoms with Gasteiger partial charge in [-0.1, -0.05) is 23.4 Å². The van der Waals surface area contributed by atoms with Gasteiger partial charge >= 0.3 is 5.97 Å². The molecule has 0 saturated heterocycles. The number of aromatic nitrogens is 2. The highest BCUT2D eigenvalue weighted by Gasteiger charge is 2.11. The van der Waals surface area contributed by atoms with Crippen LogP contribution >= 0.6 is 23.4 Å². The van der Waals surface area contributed by atoms with Crippen molar-refractivity contribution in [3.8, 4) is 0 Å². The number of halogens is 1. The first-order valence-electron chi connectivity index (χ1n) is 5.78. The lowest BCUT2D eigenvalue weighted by atomic mass is 10.2. The fourth-order valence-electron chi connectivity index (χ4n) is 1.48. The second-order valence-corrected chi connectivity index (χ2v) is 5.39. The maximum atomic E-state index is 11.3. The normalized spacial score (nSPS) is 10.2. The number of carbonyl (C=O) groups is 2. The lowest BCUT2D eigenvalue weighted by Crippen LogP contribution is -2.19. The second kappa shape index (κ2) is 6.55. The van der Waals surface area contributed by atoms with E-state index in [1.54, 1.807) is 18.2 Å². The summed E-state index contributed by atoms with van der Waals surface area (Å²) in [5.74, 6) is -1.41. The van der Waals surface area contributed by atoms with Gasteiger partial charge in [-0.25, -0.2) is 4.79 Å². The van der Waals surface area contributed by atoms with Gasteiger partial charge in [0.05, 0.1) is 10.6 Å². The molecule has 1 amide bonds. The largest absolute Gasteiger partial charge is 0.478 e. The number of hydrogen-bond donors (Lipinski definition) is 2. The third-order valence-electron chi connectivity index (χ3n) is 2.49. The minimum atomic E-state index is -1.09. The van der Waals surface area contributed by atoms with Crippen LogP contribution in [0.4, 0.5) is 0 Å². The fourth-order valence-corrected chi connectivity index (χ4v) is 2.45. The summed E-state index contributed by atoms with van der Waals surface area (Å²) in [7, 11) is 1.51. The van der Waals surface area contributed by atoms with Crippen molar-refractivity contribution in [1.82, 2.24) is 15.5 Å². The molecule has 0 aliphatic heterocycles. The highest BCUT2D eigenvalue weighted by Crippen LogP contribution is 2.29. The molecule has 0 radical (unpaired) electrons. The molecule has 6 nitrogen and oxygen atoms in total. The molecule has 108 valence electrons. The van der Waals surface area contributed by atoms with Crippen molar-refractivity contribution in [2.45, 2.75) is 9.92 Å². The summed E-state index contributed by atoms with van der Waals surface area (Å²) in [6, 6.07) is 7.84. The Morgan fingerprint density at radius 1 is 1.24 bits per heavy atom. The number of carboxylic acid groups (broad SMARTS) is 1. The minimum absolute atomic E-state index is 0.0246. The molecular formula is C13H10ClN3O3S. The molecular weight excluding hydrogens is 314 g/mol. The molecule has 2 rings (SSSR count). The van der Waals surface area contributed by atoms with Crippen LogP contribution in [-0.2, 0) is 0 Å². The molecule has 0 atom stereocenters. The molecule has 0 saturated carbocycles. The van der Waals surface area contributed by atoms with E-state index in [4.69, 9.17) is 16.7 Å². The van der Waals surface area contributed by atoms with Crippen LogP contribution in [-0.4, -0.2) is 34.2 Å². The zero-order valence-corrected chi connectivity index (χ0v) is 12.4. The Morgan fingerprint density at radius 3 is 2.57 bits per heavy atom. The van der Waals surface area contributed by atoms with Gasteiger partial charge in [-0.3, -0.25) is 4.79 Å². The Hall–Kier alpha value is -2.12. The van der Waals surface area contributed by atoms with E-state index in [0.29, 0.717) is 9.92 Å². The van der Waals surface area contributed by atoms with Crippen LogP contribution in [0.15, 0.2) is 40.3 Å². The molecule has 2 N–H and O–H groups in total. The van der Waals surface area contributed by atoms with E-state index >= 15 is 0 Å². The third-order valence-corrected chi connectivity index (χ3v) is 3.74. The van der Waals surface area contributed by atoms with Crippen LogP contribution in [0.2, 0.25) is 5.02 Å². The van der Waals surface area contributed by atoms with E-state index < -0.39 is 5.97 Å². The molecule has 0 aliphatic rings. The Bertz CT molecular complexity index is 692. The Balaban J connectivity index is 2.20. The van der Waals surface area contributed by atoms with E-state index in [9.17, 15) is 9.59 Å². The first-order chi connectivity index (χ1) is 10.0. The summed E-state index contributed by atoms with van der Waals surface area (Å²) < 4.78 is 0. The number of rotatable bonds is 4. The SMILES string of the molecule is CNC(=O)c1ccc(Sc2ccc(Cl)c(C(=O)O)c2)nn1. The summed E-state index contributed by atoms with van der Waals surface area (Å²) in [5, 5.41) is 19.9. The molecule has 1 aromatic heterocycles. The predicted octanol–water partition coefficient (Wildman–Crippen LogP) is 2.34. The fraction of sp³-hybridized carbons (Fsp3) is 0.0769. The smallest absolute Gasteiger partial charge is 0.337 e. The minimum Gasteiger partial charge on any atom is -0.478 e. The number of amides is 1. The number of nitrogens with zero attached hydrogens (tertiary/aromatic N) is 2. The maximum absolute atomic E-state index is 11.3. The van der Waals surface area contributed by atoms with Crippen molar-refractivity contribution in [3.05, 3.63) is 46.6 Å². The standard InChI is InChI=1S/C13H10ClN3O3S/c1-15-12(18)10-4-5-11(17-16-10)21-7-2-3-9(14)8(6-7)13(19)20/h2-6H,1H3,(H,15,18)(H,19,20). The topological polar surface area (TPSA) is 92.2 Å². The highest BCUT2D eigenvalue weighted by molar-refractivity contribution is 7.99. The Morgan fingerprint density at radius 2 is 2.00 bits per heavy atom. The summed E-state index contributed by atoms with van der Waals surface area (Å²) in [6.07, 6.45) is 0. The van der Waals surface area contributed by atoms with E-state index in [-0.39, 0.29) is 22.2 Å². The van der Waals surface area contributed by atoms with Gasteiger partial charge in [0.1, 0.15) is 5.03 Å². The summed E-state index contributed by atoms with van der Waals surface area (Å²) in [6.45, 7) is 0. The molecule has 0 unspecified atom stereocenters. The molecule has 0 bridgehead atoms. The van der Waals surface area contributed by atoms with Gasteiger partial charge in [0, 0.05) is 11.9 Å². The molecule has 2 aromatic rings. The van der Waals surface area contributed by atoms with E-state index in [0.717, 1.165) is 0 Å². The molecule has 0 aliphatic carbocycles. The lowest BCUT2D eigenvalue weighted by molar-refractivity contribution is 0.0696. The third kappa shape index (κ3) is 3.71. The number of hydrogen-bond acceptors (Lipinski definition) is 5. The van der Waals surface area contributed by atoms with Crippen LogP contribution in [0.25, 0.3) is 0 Å². The van der Waals surface area contributed by atoms with Gasteiger partial charge in [0.15, 0.2) is 5.69 Å². The van der Waals surface area contributed by atoms with Crippen molar-refractivity contribution in [2.24, 2.45) is 0 Å². The predicted molar refractivity (Wildman–Crippen MR) is 78.0 cm³/mol. The molecule has 0 fully saturated rings. The van der Waals surface area contributed by atoms with Gasteiger partial charge in [-0.15, -0.1) is 10.2 Å². The van der Waals surface area contributed by atoms with E-state index in [1.807, 2.05) is 0 Å². The van der Waals surface area contributed by atoms with Crippen LogP contribution in [0.5, 0.6) is 0 Å². The molecule has 0 spiro atoms. The van der Waals surface area contributed by atoms with E-state index in [1.165, 1.54) is 30.9 Å². The summed E-state index contributed by atoms with van der Waals surface area (Å²) >= 11 is 7.03. The van der Waals surface area contributed by atoms with Crippen molar-refractivity contribution < 1.29 is 14.7 Å². The Labute approximate surface area is 129 Å². The number of carboxylic acids is 1. The van der Waals surface area contributed by atoms with Crippen molar-refractivity contribution in [3.63, 3.8) is 0 Å². The number of nitrogens with one attached hydrogen (secondary N) is 1. The van der Waals surface area contributed by atoms with Gasteiger partial charge in [-0.05, 0) is 30.3 Å². The first kappa shape index (κ1) is 15.3. The van der Waals surface area contributed by atoms with Gasteiger partial charge in [0.25, 0.3) is 5.91 Å². The van der Waals surface area contributed by atoms with Gasteiger partial charge in [0.2, 0.25) is 0 Å². The van der Waals surface area contributed by atoms with Gasteiger partial charge in [-0.2, -0.15) is 0 Å². The second-order valence-electron chi connectivity index (χ2n) is 3.88. The molecule has 8 heteroatoms.